The summed E-state index contributed by atoms with van der Waals surface area (Å²) in [6, 6.07) is 22.6. The smallest absolute Gasteiger partial charge is 0.210 e. The maximum Gasteiger partial charge on any atom is 0.210 e. The topological polar surface area (TPSA) is 52.5 Å². The Morgan fingerprint density at radius 3 is 1.75 bits per heavy atom. The molecule has 32 heavy (non-hydrogen) atoms. The van der Waals surface area contributed by atoms with Crippen molar-refractivity contribution in [1.29, 1.82) is 0 Å². The van der Waals surface area contributed by atoms with Crippen LogP contribution in [0.1, 0.15) is 63.7 Å². The third-order valence-electron chi connectivity index (χ3n) is 6.72. The van der Waals surface area contributed by atoms with E-state index in [4.69, 9.17) is 0 Å². The van der Waals surface area contributed by atoms with Crippen LogP contribution in [0.4, 0.5) is 0 Å². The van der Waals surface area contributed by atoms with E-state index in [-0.39, 0.29) is 5.54 Å². The van der Waals surface area contributed by atoms with E-state index in [2.05, 4.69) is 111 Å². The van der Waals surface area contributed by atoms with Crippen LogP contribution in [0.3, 0.4) is 0 Å². The molecule has 1 fully saturated rings. The second kappa shape index (κ2) is 9.51. The lowest BCUT2D eigenvalue weighted by Crippen LogP contribution is -3.28. The van der Waals surface area contributed by atoms with Crippen LogP contribution in [0, 0.1) is 5.92 Å². The van der Waals surface area contributed by atoms with Crippen molar-refractivity contribution >= 4 is 0 Å². The van der Waals surface area contributed by atoms with E-state index in [0.717, 1.165) is 32.0 Å². The number of tetrazole rings is 1. The van der Waals surface area contributed by atoms with Crippen molar-refractivity contribution in [2.45, 2.75) is 52.2 Å². The number of hydrogen-bond acceptors (Lipinski definition) is 3. The number of hydrogen-bond donors (Lipinski definition) is 2. The van der Waals surface area contributed by atoms with Crippen molar-refractivity contribution in [2.75, 3.05) is 26.2 Å². The molecule has 1 aliphatic heterocycles. The van der Waals surface area contributed by atoms with Crippen LogP contribution in [0.5, 0.6) is 0 Å². The molecule has 2 aromatic carbocycles. The van der Waals surface area contributed by atoms with Crippen molar-refractivity contribution in [2.24, 2.45) is 5.92 Å². The van der Waals surface area contributed by atoms with Gasteiger partial charge in [-0.15, -0.1) is 5.10 Å². The summed E-state index contributed by atoms with van der Waals surface area (Å²) in [5, 5.41) is 12.9. The minimum atomic E-state index is -0.121. The van der Waals surface area contributed by atoms with Crippen LogP contribution in [-0.2, 0) is 5.54 Å². The lowest BCUT2D eigenvalue weighted by atomic mass is 9.95. The predicted molar refractivity (Wildman–Crippen MR) is 127 cm³/mol. The Labute approximate surface area is 192 Å². The lowest BCUT2D eigenvalue weighted by Gasteiger charge is -2.39. The maximum absolute atomic E-state index is 4.50. The number of nitrogens with zero attached hydrogens (tertiary/aromatic N) is 4. The molecule has 170 valence electrons. The van der Waals surface area contributed by atoms with Gasteiger partial charge in [0, 0.05) is 17.0 Å². The molecule has 3 aromatic rings. The molecule has 0 saturated carbocycles. The van der Waals surface area contributed by atoms with E-state index in [1.54, 1.807) is 9.80 Å². The van der Waals surface area contributed by atoms with Gasteiger partial charge in [0.1, 0.15) is 32.2 Å². The van der Waals surface area contributed by atoms with Gasteiger partial charge in [-0.05, 0) is 31.2 Å². The van der Waals surface area contributed by atoms with Gasteiger partial charge in [0.15, 0.2) is 6.04 Å². The molecule has 1 aromatic heterocycles. The number of aromatic nitrogens is 4. The molecule has 0 bridgehead atoms. The van der Waals surface area contributed by atoms with E-state index in [9.17, 15) is 0 Å². The Morgan fingerprint density at radius 2 is 1.28 bits per heavy atom. The lowest BCUT2D eigenvalue weighted by molar-refractivity contribution is -1.04. The zero-order chi connectivity index (χ0) is 22.7. The first-order valence-corrected chi connectivity index (χ1v) is 11.9. The first-order valence-electron chi connectivity index (χ1n) is 11.9. The predicted octanol–water partition coefficient (Wildman–Crippen LogP) is 1.70. The molecule has 0 amide bonds. The Kier molecular flexibility index (Phi) is 6.72. The fourth-order valence-corrected chi connectivity index (χ4v) is 5.26. The molecule has 4 rings (SSSR count). The molecular formula is C26H38N6+2. The van der Waals surface area contributed by atoms with E-state index in [1.807, 2.05) is 4.68 Å². The quantitative estimate of drug-likeness (QED) is 0.621. The zero-order valence-electron chi connectivity index (χ0n) is 20.1. The molecule has 1 aliphatic rings. The average Bonchev–Trinajstić information content (AvgIpc) is 3.26. The highest BCUT2D eigenvalue weighted by Gasteiger charge is 2.40. The highest BCUT2D eigenvalue weighted by molar-refractivity contribution is 5.29. The van der Waals surface area contributed by atoms with Gasteiger partial charge in [0.25, 0.3) is 0 Å². The summed E-state index contributed by atoms with van der Waals surface area (Å²) in [5.74, 6) is 1.49. The first kappa shape index (κ1) is 22.6. The largest absolute Gasteiger partial charge is 0.317 e. The summed E-state index contributed by atoms with van der Waals surface area (Å²) >= 11 is 0. The average molecular weight is 435 g/mol. The van der Waals surface area contributed by atoms with Crippen LogP contribution < -0.4 is 9.80 Å². The summed E-state index contributed by atoms with van der Waals surface area (Å²) in [6.07, 6.45) is 0. The summed E-state index contributed by atoms with van der Waals surface area (Å²) in [5.41, 5.74) is 2.67. The van der Waals surface area contributed by atoms with E-state index in [1.165, 1.54) is 11.1 Å². The third-order valence-corrected chi connectivity index (χ3v) is 6.72. The highest BCUT2D eigenvalue weighted by Crippen LogP contribution is 2.22. The van der Waals surface area contributed by atoms with Crippen LogP contribution in [0.15, 0.2) is 60.7 Å². The Balaban J connectivity index is 1.56. The molecule has 0 spiro atoms. The number of piperazine rings is 1. The van der Waals surface area contributed by atoms with Gasteiger partial charge in [-0.1, -0.05) is 74.5 Å². The summed E-state index contributed by atoms with van der Waals surface area (Å²) < 4.78 is 2.03. The number of rotatable bonds is 6. The second-order valence-electron chi connectivity index (χ2n) is 10.4. The minimum Gasteiger partial charge on any atom is -0.317 e. The van der Waals surface area contributed by atoms with E-state index in [0.29, 0.717) is 18.0 Å². The van der Waals surface area contributed by atoms with Crippen molar-refractivity contribution in [1.82, 2.24) is 20.2 Å². The number of quaternary nitrogens is 2. The van der Waals surface area contributed by atoms with Crippen molar-refractivity contribution in [3.8, 4) is 0 Å². The third kappa shape index (κ3) is 4.76. The van der Waals surface area contributed by atoms with E-state index >= 15 is 0 Å². The Morgan fingerprint density at radius 1 is 0.781 bits per heavy atom. The van der Waals surface area contributed by atoms with E-state index < -0.39 is 0 Å². The minimum absolute atomic E-state index is 0.121. The van der Waals surface area contributed by atoms with Crippen molar-refractivity contribution in [3.05, 3.63) is 77.6 Å². The molecule has 0 radical (unpaired) electrons. The zero-order valence-corrected chi connectivity index (χ0v) is 20.1. The Hall–Kier alpha value is -2.57. The fraction of sp³-hybridized carbons (Fsp3) is 0.500. The number of nitrogens with one attached hydrogen (secondary N) is 2. The summed E-state index contributed by atoms with van der Waals surface area (Å²) in [6.45, 7) is 15.6. The van der Waals surface area contributed by atoms with Crippen LogP contribution in [0.2, 0.25) is 0 Å². The first-order chi connectivity index (χ1) is 15.4. The van der Waals surface area contributed by atoms with Crippen molar-refractivity contribution in [3.63, 3.8) is 0 Å². The molecule has 0 unspecified atom stereocenters. The molecule has 0 aliphatic carbocycles. The van der Waals surface area contributed by atoms with Gasteiger partial charge in [-0.3, -0.25) is 0 Å². The van der Waals surface area contributed by atoms with Crippen LogP contribution in [-0.4, -0.2) is 46.4 Å². The van der Waals surface area contributed by atoms with Crippen LogP contribution >= 0.6 is 0 Å². The molecular weight excluding hydrogens is 396 g/mol. The van der Waals surface area contributed by atoms with Gasteiger partial charge in [0.05, 0.1) is 5.54 Å². The summed E-state index contributed by atoms with van der Waals surface area (Å²) in [7, 11) is 0. The van der Waals surface area contributed by atoms with Gasteiger partial charge < -0.3 is 9.80 Å². The summed E-state index contributed by atoms with van der Waals surface area (Å²) in [4.78, 5) is 3.24. The maximum atomic E-state index is 4.50. The van der Waals surface area contributed by atoms with Gasteiger partial charge in [-0.2, -0.15) is 0 Å². The highest BCUT2D eigenvalue weighted by atomic mass is 15.6. The second-order valence-corrected chi connectivity index (χ2v) is 10.4. The number of benzene rings is 2. The molecule has 1 atom stereocenters. The normalized spacial score (nSPS) is 20.6. The molecule has 2 heterocycles. The van der Waals surface area contributed by atoms with Crippen molar-refractivity contribution < 1.29 is 9.80 Å². The monoisotopic (exact) mass is 434 g/mol. The van der Waals surface area contributed by atoms with Crippen LogP contribution in [0.25, 0.3) is 0 Å². The molecule has 6 nitrogen and oxygen atoms in total. The van der Waals surface area contributed by atoms with Gasteiger partial charge in [-0.25, -0.2) is 4.68 Å². The fourth-order valence-electron chi connectivity index (χ4n) is 5.26. The molecule has 2 N–H and O–H groups in total. The standard InChI is InChI=1S/C26H36N6/c1-20(2)23(25-27-28-29-32(25)26(3,4)5)30-16-18-31(19-17-30)24(21-12-8-6-9-13-21)22-14-10-7-11-15-22/h6-15,20,23-24H,16-19H2,1-5H3/p+2/t23-/m0/s1. The molecule has 1 saturated heterocycles. The van der Waals surface area contributed by atoms with Gasteiger partial charge >= 0.3 is 0 Å². The molecule has 6 heteroatoms. The van der Waals surface area contributed by atoms with Gasteiger partial charge in [0.2, 0.25) is 5.82 Å². The Bertz CT molecular complexity index is 929. The SMILES string of the molecule is CC(C)[C@@H](c1nnnn1C(C)(C)C)[NH+]1CC[NH+](C(c2ccccc2)c2ccccc2)CC1.